The Bertz CT molecular complexity index is 692. The molecule has 1 atom stereocenters. The van der Waals surface area contributed by atoms with E-state index >= 15 is 0 Å². The number of likely N-dealkylation sites (N-methyl/N-ethyl adjacent to an activating group) is 1. The van der Waals surface area contributed by atoms with E-state index < -0.39 is 6.04 Å². The molecule has 2 amide bonds. The molecule has 2 heterocycles. The van der Waals surface area contributed by atoms with Crippen LogP contribution in [0.3, 0.4) is 0 Å². The molecule has 0 aromatic carbocycles. The molecule has 1 unspecified atom stereocenters. The molecule has 7 nitrogen and oxygen atoms in total. The molecule has 110 valence electrons. The van der Waals surface area contributed by atoms with Crippen LogP contribution in [0, 0.1) is 12.3 Å². The summed E-state index contributed by atoms with van der Waals surface area (Å²) in [7, 11) is 1.44. The largest absolute Gasteiger partial charge is 0.371 e. The molecule has 1 saturated heterocycles. The molecule has 0 aliphatic carbocycles. The minimum Gasteiger partial charge on any atom is -0.371 e. The molecule has 1 aromatic heterocycles. The Morgan fingerprint density at radius 2 is 2.24 bits per heavy atom. The number of anilines is 1. The minimum atomic E-state index is -0.561. The molecular formula is C13H13BrN4O3. The van der Waals surface area contributed by atoms with Gasteiger partial charge in [0.05, 0.1) is 11.9 Å². The van der Waals surface area contributed by atoms with Crippen molar-refractivity contribution in [2.24, 2.45) is 0 Å². The van der Waals surface area contributed by atoms with Crippen LogP contribution in [0.5, 0.6) is 0 Å². The number of hydrogen-bond donors (Lipinski definition) is 1. The summed E-state index contributed by atoms with van der Waals surface area (Å²) >= 11 is 3.18. The van der Waals surface area contributed by atoms with Gasteiger partial charge in [0.1, 0.15) is 17.1 Å². The molecule has 21 heavy (non-hydrogen) atoms. The third-order valence-electron chi connectivity index (χ3n) is 3.21. The molecule has 1 N–H and O–H groups in total. The van der Waals surface area contributed by atoms with E-state index in [1.54, 1.807) is 0 Å². The van der Waals surface area contributed by atoms with Crippen molar-refractivity contribution in [3.05, 3.63) is 21.0 Å². The van der Waals surface area contributed by atoms with Gasteiger partial charge in [0.15, 0.2) is 0 Å². The van der Waals surface area contributed by atoms with Crippen molar-refractivity contribution in [2.45, 2.75) is 25.4 Å². The maximum atomic E-state index is 12.0. The second-order valence-corrected chi connectivity index (χ2v) is 5.36. The molecular weight excluding hydrogens is 340 g/mol. The SMILES string of the molecule is C#CCn1ncc(NC2CCC(=O)N(C)C2=O)c(Br)c1=O. The number of carbonyl (C=O) groups excluding carboxylic acids is 2. The van der Waals surface area contributed by atoms with Gasteiger partial charge in [-0.2, -0.15) is 5.10 Å². The lowest BCUT2D eigenvalue weighted by Gasteiger charge is -2.28. The van der Waals surface area contributed by atoms with E-state index in [0.717, 1.165) is 9.58 Å². The van der Waals surface area contributed by atoms with Crippen LogP contribution in [0.25, 0.3) is 0 Å². The molecule has 1 aliphatic heterocycles. The molecule has 1 fully saturated rings. The first-order valence-corrected chi connectivity index (χ1v) is 7.01. The lowest BCUT2D eigenvalue weighted by molar-refractivity contribution is -0.146. The summed E-state index contributed by atoms with van der Waals surface area (Å²) in [6, 6.07) is -0.561. The zero-order chi connectivity index (χ0) is 15.6. The van der Waals surface area contributed by atoms with Gasteiger partial charge in [-0.3, -0.25) is 19.3 Å². The summed E-state index contributed by atoms with van der Waals surface area (Å²) in [5.74, 6) is 1.80. The van der Waals surface area contributed by atoms with Gasteiger partial charge < -0.3 is 5.32 Å². The van der Waals surface area contributed by atoms with Crippen molar-refractivity contribution in [1.82, 2.24) is 14.7 Å². The van der Waals surface area contributed by atoms with Gasteiger partial charge in [0, 0.05) is 13.5 Å². The van der Waals surface area contributed by atoms with Crippen LogP contribution in [0.15, 0.2) is 15.5 Å². The van der Waals surface area contributed by atoms with Gasteiger partial charge in [-0.15, -0.1) is 6.42 Å². The van der Waals surface area contributed by atoms with E-state index in [-0.39, 0.29) is 34.8 Å². The topological polar surface area (TPSA) is 84.3 Å². The number of terminal acetylenes is 1. The molecule has 0 spiro atoms. The van der Waals surface area contributed by atoms with Gasteiger partial charge in [-0.1, -0.05) is 5.92 Å². The summed E-state index contributed by atoms with van der Waals surface area (Å²) in [5, 5.41) is 6.87. The summed E-state index contributed by atoms with van der Waals surface area (Å²) in [5.41, 5.74) is 0.0139. The first kappa shape index (κ1) is 15.3. The van der Waals surface area contributed by atoms with Gasteiger partial charge in [0.25, 0.3) is 11.5 Å². The molecule has 1 aliphatic rings. The summed E-state index contributed by atoms with van der Waals surface area (Å²) in [6.45, 7) is 0.0668. The maximum Gasteiger partial charge on any atom is 0.284 e. The Labute approximate surface area is 129 Å². The first-order chi connectivity index (χ1) is 9.95. The van der Waals surface area contributed by atoms with Gasteiger partial charge in [0.2, 0.25) is 5.91 Å². The number of imide groups is 1. The molecule has 1 aromatic rings. The molecule has 0 saturated carbocycles. The lowest BCUT2D eigenvalue weighted by atomic mass is 10.0. The highest BCUT2D eigenvalue weighted by molar-refractivity contribution is 9.10. The summed E-state index contributed by atoms with van der Waals surface area (Å²) in [6.07, 6.45) is 7.23. The zero-order valence-corrected chi connectivity index (χ0v) is 12.9. The minimum absolute atomic E-state index is 0.0668. The molecule has 0 radical (unpaired) electrons. The van der Waals surface area contributed by atoms with Crippen molar-refractivity contribution in [1.29, 1.82) is 0 Å². The number of likely N-dealkylation sites (tertiary alicyclic amines) is 1. The lowest BCUT2D eigenvalue weighted by Crippen LogP contribution is -2.48. The van der Waals surface area contributed by atoms with Crippen molar-refractivity contribution in [2.75, 3.05) is 12.4 Å². The smallest absolute Gasteiger partial charge is 0.284 e. The second-order valence-electron chi connectivity index (χ2n) is 4.57. The van der Waals surface area contributed by atoms with E-state index in [2.05, 4.69) is 32.3 Å². The van der Waals surface area contributed by atoms with Crippen LogP contribution in [0.2, 0.25) is 0 Å². The van der Waals surface area contributed by atoms with Crippen LogP contribution in [-0.4, -0.2) is 39.6 Å². The maximum absolute atomic E-state index is 12.0. The monoisotopic (exact) mass is 352 g/mol. The van der Waals surface area contributed by atoms with Crippen molar-refractivity contribution >= 4 is 33.4 Å². The number of piperidine rings is 1. The predicted molar refractivity (Wildman–Crippen MR) is 79.5 cm³/mol. The van der Waals surface area contributed by atoms with Crippen LogP contribution >= 0.6 is 15.9 Å². The second kappa shape index (κ2) is 6.10. The molecule has 0 bridgehead atoms. The zero-order valence-electron chi connectivity index (χ0n) is 11.3. The molecule has 2 rings (SSSR count). The fourth-order valence-corrected chi connectivity index (χ4v) is 2.42. The van der Waals surface area contributed by atoms with Crippen molar-refractivity contribution in [3.63, 3.8) is 0 Å². The number of hydrogen-bond acceptors (Lipinski definition) is 5. The quantitative estimate of drug-likeness (QED) is 0.620. The summed E-state index contributed by atoms with van der Waals surface area (Å²) < 4.78 is 1.38. The highest BCUT2D eigenvalue weighted by Gasteiger charge is 2.32. The average molecular weight is 353 g/mol. The van der Waals surface area contributed by atoms with E-state index in [9.17, 15) is 14.4 Å². The van der Waals surface area contributed by atoms with Gasteiger partial charge in [-0.05, 0) is 22.4 Å². The van der Waals surface area contributed by atoms with Crippen molar-refractivity contribution in [3.8, 4) is 12.3 Å². The Morgan fingerprint density at radius 3 is 2.90 bits per heavy atom. The highest BCUT2D eigenvalue weighted by Crippen LogP contribution is 2.21. The van der Waals surface area contributed by atoms with E-state index in [1.807, 2.05) is 0 Å². The van der Waals surface area contributed by atoms with E-state index in [1.165, 1.54) is 13.2 Å². The Morgan fingerprint density at radius 1 is 1.52 bits per heavy atom. The van der Waals surface area contributed by atoms with Crippen LogP contribution in [-0.2, 0) is 16.1 Å². The van der Waals surface area contributed by atoms with Gasteiger partial charge in [-0.25, -0.2) is 4.68 Å². The number of amides is 2. The normalized spacial score (nSPS) is 18.5. The number of halogens is 1. The fraction of sp³-hybridized carbons (Fsp3) is 0.385. The third kappa shape index (κ3) is 2.97. The van der Waals surface area contributed by atoms with E-state index in [0.29, 0.717) is 12.1 Å². The van der Waals surface area contributed by atoms with E-state index in [4.69, 9.17) is 6.42 Å². The number of aromatic nitrogens is 2. The van der Waals surface area contributed by atoms with Crippen molar-refractivity contribution < 1.29 is 9.59 Å². The number of nitrogens with one attached hydrogen (secondary N) is 1. The molecule has 8 heteroatoms. The van der Waals surface area contributed by atoms with Crippen LogP contribution in [0.1, 0.15) is 12.8 Å². The standard InChI is InChI=1S/C13H13BrN4O3/c1-3-6-18-13(21)11(14)9(7-15-18)16-8-4-5-10(19)17(2)12(8)20/h1,7-8,16H,4-6H2,2H3. The third-order valence-corrected chi connectivity index (χ3v) is 3.97. The highest BCUT2D eigenvalue weighted by atomic mass is 79.9. The average Bonchev–Trinajstić information content (AvgIpc) is 2.47. The van der Waals surface area contributed by atoms with Gasteiger partial charge >= 0.3 is 0 Å². The summed E-state index contributed by atoms with van der Waals surface area (Å²) in [4.78, 5) is 36.5. The number of rotatable bonds is 3. The number of carbonyl (C=O) groups is 2. The first-order valence-electron chi connectivity index (χ1n) is 6.21. The number of nitrogens with zero attached hydrogens (tertiary/aromatic N) is 3. The van der Waals surface area contributed by atoms with Crippen LogP contribution in [0.4, 0.5) is 5.69 Å². The Balaban J connectivity index is 2.23. The fourth-order valence-electron chi connectivity index (χ4n) is 2.00. The Kier molecular flexibility index (Phi) is 4.43. The Hall–Kier alpha value is -2.14. The van der Waals surface area contributed by atoms with Crippen LogP contribution < -0.4 is 10.9 Å². The predicted octanol–water partition coefficient (Wildman–Crippen LogP) is 0.198.